The zero-order valence-electron chi connectivity index (χ0n) is 10.8. The Morgan fingerprint density at radius 1 is 1.16 bits per heavy atom. The van der Waals surface area contributed by atoms with Gasteiger partial charge in [-0.2, -0.15) is 0 Å². The number of benzene rings is 2. The van der Waals surface area contributed by atoms with Crippen LogP contribution in [0.2, 0.25) is 0 Å². The maximum Gasteiger partial charge on any atom is 0.125 e. The largest absolute Gasteiger partial charge is 0.389 e. The molecule has 0 aromatic heterocycles. The van der Waals surface area contributed by atoms with E-state index in [2.05, 4.69) is 15.9 Å². The van der Waals surface area contributed by atoms with Gasteiger partial charge in [0, 0.05) is 22.9 Å². The van der Waals surface area contributed by atoms with Crippen molar-refractivity contribution in [2.45, 2.75) is 13.0 Å². The van der Waals surface area contributed by atoms with Crippen LogP contribution >= 0.6 is 15.9 Å². The van der Waals surface area contributed by atoms with Gasteiger partial charge in [-0.1, -0.05) is 28.1 Å². The minimum atomic E-state index is -0.525. The fourth-order valence-electron chi connectivity index (χ4n) is 1.90. The summed E-state index contributed by atoms with van der Waals surface area (Å²) in [5, 5.41) is 9.59. The molecule has 0 heterocycles. The summed E-state index contributed by atoms with van der Waals surface area (Å²) >= 11 is 3.44. The maximum absolute atomic E-state index is 13.2. The van der Waals surface area contributed by atoms with Gasteiger partial charge in [-0.25, -0.2) is 4.39 Å². The zero-order chi connectivity index (χ0) is 14.0. The SMILES string of the molecule is C[C@@H](O)c1ccc(N(C)c2cccc(F)c2)cc1Br. The van der Waals surface area contributed by atoms with Crippen molar-refractivity contribution in [1.29, 1.82) is 0 Å². The van der Waals surface area contributed by atoms with E-state index in [9.17, 15) is 9.50 Å². The third-order valence-electron chi connectivity index (χ3n) is 3.02. The summed E-state index contributed by atoms with van der Waals surface area (Å²) in [6.45, 7) is 1.72. The lowest BCUT2D eigenvalue weighted by molar-refractivity contribution is 0.198. The number of aliphatic hydroxyl groups excluding tert-OH is 1. The van der Waals surface area contributed by atoms with Gasteiger partial charge in [0.15, 0.2) is 0 Å². The van der Waals surface area contributed by atoms with E-state index in [0.29, 0.717) is 0 Å². The van der Waals surface area contributed by atoms with Crippen LogP contribution in [0, 0.1) is 5.82 Å². The van der Waals surface area contributed by atoms with E-state index >= 15 is 0 Å². The van der Waals surface area contributed by atoms with Crippen molar-refractivity contribution in [3.8, 4) is 0 Å². The first-order valence-electron chi connectivity index (χ1n) is 5.96. The van der Waals surface area contributed by atoms with Crippen molar-refractivity contribution in [1.82, 2.24) is 0 Å². The molecule has 0 fully saturated rings. The standard InChI is InChI=1S/C15H15BrFNO/c1-10(19)14-7-6-13(9-15(14)16)18(2)12-5-3-4-11(17)8-12/h3-10,19H,1-2H3/t10-/m1/s1. The molecule has 1 atom stereocenters. The normalized spacial score (nSPS) is 12.3. The van der Waals surface area contributed by atoms with Crippen molar-refractivity contribution in [3.05, 3.63) is 58.3 Å². The Balaban J connectivity index is 2.34. The average molecular weight is 324 g/mol. The van der Waals surface area contributed by atoms with Crippen molar-refractivity contribution >= 4 is 27.3 Å². The molecule has 2 aromatic rings. The molecule has 1 N–H and O–H groups in total. The Kier molecular flexibility index (Phi) is 4.22. The summed E-state index contributed by atoms with van der Waals surface area (Å²) in [5.74, 6) is -0.260. The molecule has 0 saturated heterocycles. The molecule has 0 bridgehead atoms. The molecule has 0 spiro atoms. The van der Waals surface area contributed by atoms with Gasteiger partial charge >= 0.3 is 0 Å². The van der Waals surface area contributed by atoms with Crippen LogP contribution in [0.25, 0.3) is 0 Å². The lowest BCUT2D eigenvalue weighted by Gasteiger charge is -2.21. The highest BCUT2D eigenvalue weighted by Gasteiger charge is 2.10. The number of nitrogens with zero attached hydrogens (tertiary/aromatic N) is 1. The van der Waals surface area contributed by atoms with Crippen LogP contribution in [0.15, 0.2) is 46.9 Å². The van der Waals surface area contributed by atoms with E-state index in [1.54, 1.807) is 13.0 Å². The number of halogens is 2. The Morgan fingerprint density at radius 3 is 2.42 bits per heavy atom. The minimum Gasteiger partial charge on any atom is -0.389 e. The minimum absolute atomic E-state index is 0.260. The third-order valence-corrected chi connectivity index (χ3v) is 3.70. The number of hydrogen-bond acceptors (Lipinski definition) is 2. The Bertz CT molecular complexity index is 586. The van der Waals surface area contributed by atoms with E-state index in [0.717, 1.165) is 21.4 Å². The van der Waals surface area contributed by atoms with Gasteiger partial charge < -0.3 is 10.0 Å². The van der Waals surface area contributed by atoms with Gasteiger partial charge in [0.2, 0.25) is 0 Å². The lowest BCUT2D eigenvalue weighted by Crippen LogP contribution is -2.10. The highest BCUT2D eigenvalue weighted by atomic mass is 79.9. The monoisotopic (exact) mass is 323 g/mol. The molecule has 2 nitrogen and oxygen atoms in total. The molecule has 2 rings (SSSR count). The van der Waals surface area contributed by atoms with Crippen LogP contribution in [-0.2, 0) is 0 Å². The molecule has 2 aromatic carbocycles. The zero-order valence-corrected chi connectivity index (χ0v) is 12.4. The van der Waals surface area contributed by atoms with Gasteiger partial charge in [0.1, 0.15) is 5.82 Å². The van der Waals surface area contributed by atoms with E-state index < -0.39 is 6.10 Å². The Morgan fingerprint density at radius 2 is 1.84 bits per heavy atom. The molecular formula is C15H15BrFNO. The summed E-state index contributed by atoms with van der Waals surface area (Å²) in [5.41, 5.74) is 2.52. The fourth-order valence-corrected chi connectivity index (χ4v) is 2.60. The first-order valence-corrected chi connectivity index (χ1v) is 6.75. The van der Waals surface area contributed by atoms with Crippen LogP contribution in [0.1, 0.15) is 18.6 Å². The van der Waals surface area contributed by atoms with E-state index in [1.165, 1.54) is 12.1 Å². The maximum atomic E-state index is 13.2. The van der Waals surface area contributed by atoms with Crippen molar-refractivity contribution in [3.63, 3.8) is 0 Å². The van der Waals surface area contributed by atoms with E-state index in [-0.39, 0.29) is 5.82 Å². The summed E-state index contributed by atoms with van der Waals surface area (Å²) in [4.78, 5) is 1.89. The molecule has 0 amide bonds. The van der Waals surface area contributed by atoms with Crippen molar-refractivity contribution < 1.29 is 9.50 Å². The first kappa shape index (κ1) is 14.0. The summed E-state index contributed by atoms with van der Waals surface area (Å²) in [6.07, 6.45) is -0.525. The second kappa shape index (κ2) is 5.72. The van der Waals surface area contributed by atoms with Gasteiger partial charge in [-0.15, -0.1) is 0 Å². The summed E-state index contributed by atoms with van der Waals surface area (Å²) in [7, 11) is 1.87. The first-order chi connectivity index (χ1) is 8.99. The molecular weight excluding hydrogens is 309 g/mol. The number of aliphatic hydroxyl groups is 1. The van der Waals surface area contributed by atoms with Crippen LogP contribution in [-0.4, -0.2) is 12.2 Å². The molecule has 0 saturated carbocycles. The predicted octanol–water partition coefficient (Wildman–Crippen LogP) is 4.41. The highest BCUT2D eigenvalue weighted by Crippen LogP contribution is 2.31. The molecule has 100 valence electrons. The van der Waals surface area contributed by atoms with Crippen molar-refractivity contribution in [2.75, 3.05) is 11.9 Å². The van der Waals surface area contributed by atoms with Gasteiger partial charge in [0.25, 0.3) is 0 Å². The number of hydrogen-bond donors (Lipinski definition) is 1. The topological polar surface area (TPSA) is 23.5 Å². The molecule has 0 aliphatic rings. The molecule has 19 heavy (non-hydrogen) atoms. The smallest absolute Gasteiger partial charge is 0.125 e. The number of rotatable bonds is 3. The highest BCUT2D eigenvalue weighted by molar-refractivity contribution is 9.10. The molecule has 0 aliphatic heterocycles. The molecule has 0 radical (unpaired) electrons. The second-order valence-corrected chi connectivity index (χ2v) is 5.28. The van der Waals surface area contributed by atoms with Crippen molar-refractivity contribution in [2.24, 2.45) is 0 Å². The van der Waals surface area contributed by atoms with Gasteiger partial charge in [-0.05, 0) is 42.8 Å². The van der Waals surface area contributed by atoms with Gasteiger partial charge in [0.05, 0.1) is 6.10 Å². The van der Waals surface area contributed by atoms with Crippen LogP contribution in [0.4, 0.5) is 15.8 Å². The van der Waals surface area contributed by atoms with Gasteiger partial charge in [-0.3, -0.25) is 0 Å². The molecule has 0 unspecified atom stereocenters. The Labute approximate surface area is 120 Å². The molecule has 4 heteroatoms. The summed E-state index contributed by atoms with van der Waals surface area (Å²) < 4.78 is 14.1. The van der Waals surface area contributed by atoms with Crippen LogP contribution in [0.3, 0.4) is 0 Å². The van der Waals surface area contributed by atoms with Crippen LogP contribution in [0.5, 0.6) is 0 Å². The summed E-state index contributed by atoms with van der Waals surface area (Å²) in [6, 6.07) is 12.1. The molecule has 0 aliphatic carbocycles. The van der Waals surface area contributed by atoms with Crippen LogP contribution < -0.4 is 4.90 Å². The fraction of sp³-hybridized carbons (Fsp3) is 0.200. The average Bonchev–Trinajstić information content (AvgIpc) is 2.37. The Hall–Kier alpha value is -1.39. The third kappa shape index (κ3) is 3.14. The number of anilines is 2. The lowest BCUT2D eigenvalue weighted by atomic mass is 10.1. The predicted molar refractivity (Wildman–Crippen MR) is 79.2 cm³/mol. The second-order valence-electron chi connectivity index (χ2n) is 4.42. The van der Waals surface area contributed by atoms with E-state index in [4.69, 9.17) is 0 Å². The quantitative estimate of drug-likeness (QED) is 0.904. The van der Waals surface area contributed by atoms with E-state index in [1.807, 2.05) is 36.2 Å².